The predicted octanol–water partition coefficient (Wildman–Crippen LogP) is 2.39. The van der Waals surface area contributed by atoms with Gasteiger partial charge >= 0.3 is 0 Å². The van der Waals surface area contributed by atoms with Crippen LogP contribution in [0.15, 0.2) is 45.7 Å². The largest absolute Gasteiger partial charge is 0.457 e. The Kier molecular flexibility index (Phi) is 3.47. The number of halogens is 1. The van der Waals surface area contributed by atoms with Gasteiger partial charge in [-0.05, 0) is 46.3 Å². The van der Waals surface area contributed by atoms with Gasteiger partial charge in [-0.2, -0.15) is 0 Å². The minimum absolute atomic E-state index is 0.303. The molecule has 1 aromatic heterocycles. The zero-order chi connectivity index (χ0) is 13.1. The standard InChI is InChI=1S/C12H9BrN2O3/c13-10-9(5-6-18-10)12(17)15-8-3-1-7(2-4-8)11(14)16/h1-6H,(H2,14,16)(H,15,17). The number of benzene rings is 1. The molecule has 0 radical (unpaired) electrons. The van der Waals surface area contributed by atoms with E-state index in [1.165, 1.54) is 6.26 Å². The van der Waals surface area contributed by atoms with Gasteiger partial charge in [0.25, 0.3) is 5.91 Å². The summed E-state index contributed by atoms with van der Waals surface area (Å²) in [5, 5.41) is 2.67. The monoisotopic (exact) mass is 308 g/mol. The fraction of sp³-hybridized carbons (Fsp3) is 0. The summed E-state index contributed by atoms with van der Waals surface area (Å²) in [6, 6.07) is 7.85. The molecule has 0 aliphatic carbocycles. The lowest BCUT2D eigenvalue weighted by Crippen LogP contribution is -2.13. The molecule has 0 atom stereocenters. The normalized spacial score (nSPS) is 10.1. The zero-order valence-corrected chi connectivity index (χ0v) is 10.7. The summed E-state index contributed by atoms with van der Waals surface area (Å²) in [7, 11) is 0. The molecule has 92 valence electrons. The van der Waals surface area contributed by atoms with E-state index in [9.17, 15) is 9.59 Å². The highest BCUT2D eigenvalue weighted by molar-refractivity contribution is 9.10. The maximum absolute atomic E-state index is 11.8. The number of hydrogen-bond acceptors (Lipinski definition) is 3. The molecule has 2 rings (SSSR count). The third-order valence-electron chi connectivity index (χ3n) is 2.29. The Balaban J connectivity index is 2.13. The number of hydrogen-bond donors (Lipinski definition) is 2. The fourth-order valence-electron chi connectivity index (χ4n) is 1.37. The minimum Gasteiger partial charge on any atom is -0.457 e. The summed E-state index contributed by atoms with van der Waals surface area (Å²) in [4.78, 5) is 22.7. The van der Waals surface area contributed by atoms with Crippen LogP contribution in [0.1, 0.15) is 20.7 Å². The maximum Gasteiger partial charge on any atom is 0.260 e. The molecule has 6 heteroatoms. The first kappa shape index (κ1) is 12.4. The first-order valence-corrected chi connectivity index (χ1v) is 5.81. The van der Waals surface area contributed by atoms with Crippen molar-refractivity contribution in [3.05, 3.63) is 52.4 Å². The average molecular weight is 309 g/mol. The molecular formula is C12H9BrN2O3. The van der Waals surface area contributed by atoms with Gasteiger partial charge in [0.15, 0.2) is 4.67 Å². The van der Waals surface area contributed by atoms with Crippen LogP contribution in [0.2, 0.25) is 0 Å². The summed E-state index contributed by atoms with van der Waals surface area (Å²) < 4.78 is 5.34. The van der Waals surface area contributed by atoms with E-state index in [0.29, 0.717) is 21.5 Å². The van der Waals surface area contributed by atoms with E-state index in [1.54, 1.807) is 30.3 Å². The van der Waals surface area contributed by atoms with Crippen molar-refractivity contribution in [3.8, 4) is 0 Å². The van der Waals surface area contributed by atoms with E-state index in [2.05, 4.69) is 21.2 Å². The molecule has 5 nitrogen and oxygen atoms in total. The quantitative estimate of drug-likeness (QED) is 0.913. The Morgan fingerprint density at radius 1 is 1.17 bits per heavy atom. The molecule has 2 aromatic rings. The van der Waals surface area contributed by atoms with E-state index in [-0.39, 0.29) is 5.91 Å². The van der Waals surface area contributed by atoms with Crippen LogP contribution < -0.4 is 11.1 Å². The highest BCUT2D eigenvalue weighted by Gasteiger charge is 2.12. The number of carbonyl (C=O) groups excluding carboxylic acids is 2. The lowest BCUT2D eigenvalue weighted by Gasteiger charge is -2.04. The number of carbonyl (C=O) groups is 2. The number of rotatable bonds is 3. The van der Waals surface area contributed by atoms with E-state index in [1.807, 2.05) is 0 Å². The fourth-order valence-corrected chi connectivity index (χ4v) is 1.79. The van der Waals surface area contributed by atoms with E-state index < -0.39 is 5.91 Å². The molecule has 0 aliphatic heterocycles. The second-order valence-corrected chi connectivity index (χ2v) is 4.22. The summed E-state index contributed by atoms with van der Waals surface area (Å²) in [5.74, 6) is -0.812. The molecule has 0 fully saturated rings. The first-order chi connectivity index (χ1) is 8.58. The van der Waals surface area contributed by atoms with Gasteiger partial charge in [0.1, 0.15) is 0 Å². The van der Waals surface area contributed by atoms with Crippen LogP contribution in [-0.4, -0.2) is 11.8 Å². The van der Waals surface area contributed by atoms with Crippen LogP contribution in [-0.2, 0) is 0 Å². The van der Waals surface area contributed by atoms with Crippen molar-refractivity contribution in [2.24, 2.45) is 5.73 Å². The van der Waals surface area contributed by atoms with Crippen molar-refractivity contribution < 1.29 is 14.0 Å². The van der Waals surface area contributed by atoms with Gasteiger partial charge in [-0.3, -0.25) is 9.59 Å². The molecular weight excluding hydrogens is 300 g/mol. The van der Waals surface area contributed by atoms with Crippen LogP contribution in [0, 0.1) is 0 Å². The van der Waals surface area contributed by atoms with E-state index in [0.717, 1.165) is 0 Å². The van der Waals surface area contributed by atoms with E-state index >= 15 is 0 Å². The number of primary amides is 1. The van der Waals surface area contributed by atoms with Crippen molar-refractivity contribution in [3.63, 3.8) is 0 Å². The lowest BCUT2D eigenvalue weighted by atomic mass is 10.2. The van der Waals surface area contributed by atoms with Gasteiger partial charge in [0.05, 0.1) is 11.8 Å². The SMILES string of the molecule is NC(=O)c1ccc(NC(=O)c2ccoc2Br)cc1. The Morgan fingerprint density at radius 3 is 2.33 bits per heavy atom. The smallest absolute Gasteiger partial charge is 0.260 e. The molecule has 0 aliphatic rings. The van der Waals surface area contributed by atoms with Crippen LogP contribution >= 0.6 is 15.9 Å². The molecule has 0 unspecified atom stereocenters. The van der Waals surface area contributed by atoms with E-state index in [4.69, 9.17) is 10.2 Å². The molecule has 1 aromatic carbocycles. The average Bonchev–Trinajstić information content (AvgIpc) is 2.76. The summed E-state index contributed by atoms with van der Waals surface area (Å²) >= 11 is 3.12. The zero-order valence-electron chi connectivity index (χ0n) is 9.14. The predicted molar refractivity (Wildman–Crippen MR) is 69.3 cm³/mol. The van der Waals surface area contributed by atoms with Crippen LogP contribution in [0.3, 0.4) is 0 Å². The third kappa shape index (κ3) is 2.60. The summed E-state index contributed by atoms with van der Waals surface area (Å²) in [6.07, 6.45) is 1.41. The van der Waals surface area contributed by atoms with Gasteiger partial charge in [-0.1, -0.05) is 0 Å². The summed E-state index contributed by atoms with van der Waals surface area (Å²) in [5.41, 5.74) is 6.47. The number of anilines is 1. The van der Waals surface area contributed by atoms with Crippen LogP contribution in [0.4, 0.5) is 5.69 Å². The second-order valence-electron chi connectivity index (χ2n) is 3.50. The number of nitrogens with two attached hydrogens (primary N) is 1. The van der Waals surface area contributed by atoms with Crippen molar-refractivity contribution in [1.29, 1.82) is 0 Å². The third-order valence-corrected chi connectivity index (χ3v) is 2.90. The number of amides is 2. The molecule has 0 bridgehead atoms. The van der Waals surface area contributed by atoms with Crippen molar-refractivity contribution in [2.45, 2.75) is 0 Å². The number of furan rings is 1. The highest BCUT2D eigenvalue weighted by Crippen LogP contribution is 2.19. The maximum atomic E-state index is 11.8. The second kappa shape index (κ2) is 5.05. The molecule has 3 N–H and O–H groups in total. The lowest BCUT2D eigenvalue weighted by molar-refractivity contribution is 0.0998. The van der Waals surface area contributed by atoms with Crippen molar-refractivity contribution in [1.82, 2.24) is 0 Å². The van der Waals surface area contributed by atoms with Crippen molar-refractivity contribution in [2.75, 3.05) is 5.32 Å². The van der Waals surface area contributed by atoms with Crippen LogP contribution in [0.5, 0.6) is 0 Å². The molecule has 0 saturated heterocycles. The van der Waals surface area contributed by atoms with Gasteiger partial charge < -0.3 is 15.5 Å². The van der Waals surface area contributed by atoms with Gasteiger partial charge in [0, 0.05) is 11.3 Å². The van der Waals surface area contributed by atoms with Gasteiger partial charge in [0.2, 0.25) is 5.91 Å². The summed E-state index contributed by atoms with van der Waals surface area (Å²) in [6.45, 7) is 0. The van der Waals surface area contributed by atoms with Crippen molar-refractivity contribution >= 4 is 33.4 Å². The topological polar surface area (TPSA) is 85.3 Å². The Labute approximate surface area is 111 Å². The molecule has 0 saturated carbocycles. The minimum atomic E-state index is -0.509. The van der Waals surface area contributed by atoms with Gasteiger partial charge in [-0.15, -0.1) is 0 Å². The van der Waals surface area contributed by atoms with Crippen LogP contribution in [0.25, 0.3) is 0 Å². The molecule has 1 heterocycles. The Bertz CT molecular complexity index is 590. The molecule has 2 amide bonds. The molecule has 18 heavy (non-hydrogen) atoms. The highest BCUT2D eigenvalue weighted by atomic mass is 79.9. The van der Waals surface area contributed by atoms with Gasteiger partial charge in [-0.25, -0.2) is 0 Å². The Morgan fingerprint density at radius 2 is 1.83 bits per heavy atom. The molecule has 0 spiro atoms. The first-order valence-electron chi connectivity index (χ1n) is 5.02. The number of nitrogens with one attached hydrogen (secondary N) is 1. The Hall–Kier alpha value is -2.08.